The number of likely N-dealkylation sites (tertiary alicyclic amines) is 1. The number of carbonyl (C=O) groups is 2. The van der Waals surface area contributed by atoms with Gasteiger partial charge in [-0.3, -0.25) is 4.68 Å². The molecule has 2 heterocycles. The largest absolute Gasteiger partial charge is 0.480 e. The summed E-state index contributed by atoms with van der Waals surface area (Å²) in [7, 11) is 0. The fourth-order valence-electron chi connectivity index (χ4n) is 2.06. The van der Waals surface area contributed by atoms with Crippen LogP contribution in [0.4, 0.5) is 10.5 Å². The summed E-state index contributed by atoms with van der Waals surface area (Å²) in [4.78, 5) is 24.3. The quantitative estimate of drug-likeness (QED) is 0.839. The minimum absolute atomic E-state index is 0.379. The number of aromatic nitrogens is 2. The molecule has 2 rings (SSSR count). The number of carbonyl (C=O) groups excluding carboxylic acids is 1. The highest BCUT2D eigenvalue weighted by atomic mass is 16.4. The number of aliphatic carboxylic acids is 1. The predicted octanol–water partition coefficient (Wildman–Crippen LogP) is 0.984. The van der Waals surface area contributed by atoms with Crippen LogP contribution in [0.3, 0.4) is 0 Å². The highest BCUT2D eigenvalue weighted by Crippen LogP contribution is 2.18. The van der Waals surface area contributed by atoms with E-state index in [2.05, 4.69) is 10.4 Å². The molecule has 1 aliphatic rings. The molecule has 0 saturated carbocycles. The first-order valence-corrected chi connectivity index (χ1v) is 5.94. The Morgan fingerprint density at radius 2 is 2.39 bits per heavy atom. The molecule has 1 aliphatic heterocycles. The third kappa shape index (κ3) is 2.44. The van der Waals surface area contributed by atoms with Crippen LogP contribution in [-0.4, -0.2) is 44.4 Å². The molecule has 0 aromatic carbocycles. The van der Waals surface area contributed by atoms with Crippen molar-refractivity contribution < 1.29 is 14.7 Å². The highest BCUT2D eigenvalue weighted by molar-refractivity contribution is 5.92. The molecule has 1 saturated heterocycles. The van der Waals surface area contributed by atoms with Crippen LogP contribution in [0.15, 0.2) is 12.4 Å². The minimum atomic E-state index is -0.952. The Hall–Kier alpha value is -2.05. The van der Waals surface area contributed by atoms with Crippen molar-refractivity contribution in [2.24, 2.45) is 0 Å². The normalized spacial score (nSPS) is 18.9. The molecule has 1 aromatic heterocycles. The lowest BCUT2D eigenvalue weighted by Gasteiger charge is -2.21. The fraction of sp³-hybridized carbons (Fsp3) is 0.545. The van der Waals surface area contributed by atoms with E-state index >= 15 is 0 Å². The maximum Gasteiger partial charge on any atom is 0.326 e. The lowest BCUT2D eigenvalue weighted by molar-refractivity contribution is -0.141. The molecule has 98 valence electrons. The van der Waals surface area contributed by atoms with Crippen molar-refractivity contribution in [3.63, 3.8) is 0 Å². The third-order valence-electron chi connectivity index (χ3n) is 3.01. The molecule has 0 radical (unpaired) electrons. The van der Waals surface area contributed by atoms with Gasteiger partial charge in [-0.1, -0.05) is 0 Å². The molecule has 0 bridgehead atoms. The van der Waals surface area contributed by atoms with Crippen molar-refractivity contribution in [3.05, 3.63) is 12.4 Å². The van der Waals surface area contributed by atoms with Gasteiger partial charge in [0.25, 0.3) is 0 Å². The van der Waals surface area contributed by atoms with Gasteiger partial charge in [-0.25, -0.2) is 9.59 Å². The number of nitrogens with zero attached hydrogens (tertiary/aromatic N) is 3. The van der Waals surface area contributed by atoms with E-state index in [9.17, 15) is 9.59 Å². The summed E-state index contributed by atoms with van der Waals surface area (Å²) in [5.41, 5.74) is 0.581. The topological polar surface area (TPSA) is 87.5 Å². The molecule has 1 aromatic rings. The number of urea groups is 1. The van der Waals surface area contributed by atoms with Gasteiger partial charge >= 0.3 is 12.0 Å². The number of amides is 2. The number of carboxylic acid groups (broad SMARTS) is 1. The molecule has 2 N–H and O–H groups in total. The van der Waals surface area contributed by atoms with Crippen LogP contribution in [-0.2, 0) is 11.3 Å². The van der Waals surface area contributed by atoms with Gasteiger partial charge in [-0.05, 0) is 19.8 Å². The van der Waals surface area contributed by atoms with Crippen molar-refractivity contribution in [2.75, 3.05) is 11.9 Å². The number of rotatable bonds is 3. The first kappa shape index (κ1) is 12.4. The Morgan fingerprint density at radius 3 is 3.00 bits per heavy atom. The highest BCUT2D eigenvalue weighted by Gasteiger charge is 2.34. The van der Waals surface area contributed by atoms with Crippen LogP contribution in [0.1, 0.15) is 19.8 Å². The minimum Gasteiger partial charge on any atom is -0.480 e. The second-order valence-corrected chi connectivity index (χ2v) is 4.20. The zero-order valence-electron chi connectivity index (χ0n) is 10.2. The number of nitrogens with one attached hydrogen (secondary N) is 1. The molecule has 18 heavy (non-hydrogen) atoms. The number of hydrogen-bond acceptors (Lipinski definition) is 3. The van der Waals surface area contributed by atoms with E-state index in [0.717, 1.165) is 13.0 Å². The van der Waals surface area contributed by atoms with Gasteiger partial charge in [0.05, 0.1) is 11.9 Å². The summed E-state index contributed by atoms with van der Waals surface area (Å²) in [6.07, 6.45) is 4.49. The zero-order chi connectivity index (χ0) is 13.1. The lowest BCUT2D eigenvalue weighted by Crippen LogP contribution is -2.42. The molecular weight excluding hydrogens is 236 g/mol. The third-order valence-corrected chi connectivity index (χ3v) is 3.01. The monoisotopic (exact) mass is 252 g/mol. The van der Waals surface area contributed by atoms with Gasteiger partial charge in [0, 0.05) is 19.3 Å². The van der Waals surface area contributed by atoms with Gasteiger partial charge in [-0.15, -0.1) is 0 Å². The van der Waals surface area contributed by atoms with E-state index in [1.54, 1.807) is 17.1 Å². The molecule has 1 unspecified atom stereocenters. The zero-order valence-corrected chi connectivity index (χ0v) is 10.2. The van der Waals surface area contributed by atoms with Crippen molar-refractivity contribution in [3.8, 4) is 0 Å². The van der Waals surface area contributed by atoms with E-state index in [1.807, 2.05) is 6.92 Å². The number of anilines is 1. The summed E-state index contributed by atoms with van der Waals surface area (Å²) in [5, 5.41) is 15.7. The van der Waals surface area contributed by atoms with Gasteiger partial charge < -0.3 is 15.3 Å². The summed E-state index contributed by atoms with van der Waals surface area (Å²) in [6, 6.07) is -1.10. The fourth-order valence-corrected chi connectivity index (χ4v) is 2.06. The first-order chi connectivity index (χ1) is 8.61. The average Bonchev–Trinajstić information content (AvgIpc) is 2.96. The smallest absolute Gasteiger partial charge is 0.326 e. The summed E-state index contributed by atoms with van der Waals surface area (Å²) in [5.74, 6) is -0.952. The summed E-state index contributed by atoms with van der Waals surface area (Å²) in [6.45, 7) is 3.14. The molecule has 1 atom stereocenters. The molecule has 2 amide bonds. The summed E-state index contributed by atoms with van der Waals surface area (Å²) >= 11 is 0. The Bertz CT molecular complexity index is 457. The van der Waals surface area contributed by atoms with E-state index in [-0.39, 0.29) is 6.03 Å². The lowest BCUT2D eigenvalue weighted by atomic mass is 10.2. The molecule has 7 nitrogen and oxygen atoms in total. The van der Waals surface area contributed by atoms with Gasteiger partial charge in [0.2, 0.25) is 0 Å². The molecule has 0 aliphatic carbocycles. The second-order valence-electron chi connectivity index (χ2n) is 4.20. The van der Waals surface area contributed by atoms with Crippen LogP contribution in [0, 0.1) is 0 Å². The predicted molar refractivity (Wildman–Crippen MR) is 64.3 cm³/mol. The van der Waals surface area contributed by atoms with Crippen LogP contribution in [0.5, 0.6) is 0 Å². The van der Waals surface area contributed by atoms with Crippen molar-refractivity contribution in [2.45, 2.75) is 32.4 Å². The van der Waals surface area contributed by atoms with Crippen LogP contribution in [0.2, 0.25) is 0 Å². The van der Waals surface area contributed by atoms with E-state index in [0.29, 0.717) is 18.7 Å². The van der Waals surface area contributed by atoms with Crippen molar-refractivity contribution in [1.29, 1.82) is 0 Å². The summed E-state index contributed by atoms with van der Waals surface area (Å²) < 4.78 is 1.69. The Balaban J connectivity index is 2.01. The number of hydrogen-bond donors (Lipinski definition) is 2. The number of carboxylic acids is 1. The van der Waals surface area contributed by atoms with Crippen LogP contribution in [0.25, 0.3) is 0 Å². The van der Waals surface area contributed by atoms with E-state index in [4.69, 9.17) is 5.11 Å². The average molecular weight is 252 g/mol. The standard InChI is InChI=1S/C11H16N4O3/c1-2-14-7-8(6-12-14)13-11(18)15-5-3-4-9(15)10(16)17/h6-7,9H,2-5H2,1H3,(H,13,18)(H,16,17). The van der Waals surface area contributed by atoms with E-state index < -0.39 is 12.0 Å². The van der Waals surface area contributed by atoms with Gasteiger partial charge in [-0.2, -0.15) is 5.10 Å². The Labute approximate surface area is 104 Å². The van der Waals surface area contributed by atoms with Crippen molar-refractivity contribution in [1.82, 2.24) is 14.7 Å². The van der Waals surface area contributed by atoms with Crippen molar-refractivity contribution >= 4 is 17.7 Å². The SMILES string of the molecule is CCn1cc(NC(=O)N2CCCC2C(=O)O)cn1. The van der Waals surface area contributed by atoms with Gasteiger partial charge in [0.1, 0.15) is 6.04 Å². The second kappa shape index (κ2) is 5.07. The maximum absolute atomic E-state index is 11.9. The Kier molecular flexibility index (Phi) is 3.50. The molecule has 0 spiro atoms. The first-order valence-electron chi connectivity index (χ1n) is 5.94. The Morgan fingerprint density at radius 1 is 1.61 bits per heavy atom. The molecule has 1 fully saturated rings. The molecular formula is C11H16N4O3. The van der Waals surface area contributed by atoms with E-state index in [1.165, 1.54) is 4.90 Å². The van der Waals surface area contributed by atoms with Crippen LogP contribution >= 0.6 is 0 Å². The maximum atomic E-state index is 11.9. The van der Waals surface area contributed by atoms with Gasteiger partial charge in [0.15, 0.2) is 0 Å². The molecule has 7 heteroatoms. The van der Waals surface area contributed by atoms with Crippen LogP contribution < -0.4 is 5.32 Å². The number of aryl methyl sites for hydroxylation is 1.